The molecule has 2 rings (SSSR count). The van der Waals surface area contributed by atoms with Crippen LogP contribution in [0.4, 0.5) is 0 Å². The summed E-state index contributed by atoms with van der Waals surface area (Å²) in [6, 6.07) is 14.5. The monoisotopic (exact) mass is 312 g/mol. The molecule has 1 amide bonds. The van der Waals surface area contributed by atoms with Crippen LogP contribution < -0.4 is 14.9 Å². The molecule has 23 heavy (non-hydrogen) atoms. The summed E-state index contributed by atoms with van der Waals surface area (Å²) in [5.74, 6) is 0.930. The van der Waals surface area contributed by atoms with Gasteiger partial charge in [0.15, 0.2) is 0 Å². The van der Waals surface area contributed by atoms with E-state index in [2.05, 4.69) is 10.5 Å². The molecular formula is C18H20N2O3. The van der Waals surface area contributed by atoms with Crippen LogP contribution in [0.15, 0.2) is 53.6 Å². The van der Waals surface area contributed by atoms with Gasteiger partial charge in [0.1, 0.15) is 11.5 Å². The van der Waals surface area contributed by atoms with Gasteiger partial charge in [-0.05, 0) is 30.7 Å². The van der Waals surface area contributed by atoms with Crippen LogP contribution >= 0.6 is 0 Å². The molecule has 2 aromatic carbocycles. The van der Waals surface area contributed by atoms with Crippen LogP contribution in [0.25, 0.3) is 0 Å². The lowest BCUT2D eigenvalue weighted by atomic mass is 10.2. The van der Waals surface area contributed by atoms with Crippen molar-refractivity contribution in [3.63, 3.8) is 0 Å². The summed E-state index contributed by atoms with van der Waals surface area (Å²) >= 11 is 0. The predicted octanol–water partition coefficient (Wildman–Crippen LogP) is 3.25. The number of nitrogens with one attached hydrogen (secondary N) is 1. The quantitative estimate of drug-likeness (QED) is 0.630. The summed E-state index contributed by atoms with van der Waals surface area (Å²) < 4.78 is 10.8. The normalized spacial score (nSPS) is 10.5. The highest BCUT2D eigenvalue weighted by molar-refractivity contribution is 5.97. The first-order valence-corrected chi connectivity index (χ1v) is 7.44. The van der Waals surface area contributed by atoms with E-state index in [0.29, 0.717) is 23.7 Å². The number of carbonyl (C=O) groups is 1. The Kier molecular flexibility index (Phi) is 6.17. The average molecular weight is 312 g/mol. The van der Waals surface area contributed by atoms with Crippen molar-refractivity contribution in [2.24, 2.45) is 5.10 Å². The Morgan fingerprint density at radius 2 is 1.83 bits per heavy atom. The standard InChI is InChI=1S/C18H20N2O3/c1-3-12-23-17-11-7-5-9-15(17)18(21)20-19-13-14-8-4-6-10-16(14)22-2/h4-11,13H,3,12H2,1-2H3,(H,20,21)/b19-13+. The Morgan fingerprint density at radius 3 is 2.57 bits per heavy atom. The zero-order valence-electron chi connectivity index (χ0n) is 13.3. The minimum atomic E-state index is -0.317. The van der Waals surface area contributed by atoms with Gasteiger partial charge in [-0.2, -0.15) is 5.10 Å². The summed E-state index contributed by atoms with van der Waals surface area (Å²) in [4.78, 5) is 12.2. The number of hydrogen-bond acceptors (Lipinski definition) is 4. The van der Waals surface area contributed by atoms with Crippen LogP contribution in [0.3, 0.4) is 0 Å². The Balaban J connectivity index is 2.06. The molecule has 0 aliphatic rings. The summed E-state index contributed by atoms with van der Waals surface area (Å²) in [5.41, 5.74) is 3.75. The molecule has 2 aromatic rings. The number of hydrazone groups is 1. The highest BCUT2D eigenvalue weighted by Crippen LogP contribution is 2.18. The lowest BCUT2D eigenvalue weighted by molar-refractivity contribution is 0.0951. The van der Waals surface area contributed by atoms with Crippen LogP contribution in [0.2, 0.25) is 0 Å². The zero-order chi connectivity index (χ0) is 16.5. The van der Waals surface area contributed by atoms with Crippen molar-refractivity contribution in [1.82, 2.24) is 5.43 Å². The fourth-order valence-electron chi connectivity index (χ4n) is 1.99. The van der Waals surface area contributed by atoms with Gasteiger partial charge in [-0.1, -0.05) is 31.2 Å². The van der Waals surface area contributed by atoms with E-state index in [1.54, 1.807) is 31.5 Å². The number of hydrogen-bond donors (Lipinski definition) is 1. The molecule has 5 heteroatoms. The van der Waals surface area contributed by atoms with Gasteiger partial charge in [-0.3, -0.25) is 4.79 Å². The average Bonchev–Trinajstić information content (AvgIpc) is 2.60. The van der Waals surface area contributed by atoms with Gasteiger partial charge in [0.2, 0.25) is 0 Å². The topological polar surface area (TPSA) is 59.9 Å². The van der Waals surface area contributed by atoms with Crippen molar-refractivity contribution in [2.45, 2.75) is 13.3 Å². The van der Waals surface area contributed by atoms with E-state index in [1.807, 2.05) is 37.3 Å². The zero-order valence-corrected chi connectivity index (χ0v) is 13.3. The number of carbonyl (C=O) groups excluding carboxylic acids is 1. The van der Waals surface area contributed by atoms with Gasteiger partial charge in [0.25, 0.3) is 5.91 Å². The predicted molar refractivity (Wildman–Crippen MR) is 90.3 cm³/mol. The molecule has 0 radical (unpaired) electrons. The molecule has 0 atom stereocenters. The second-order valence-corrected chi connectivity index (χ2v) is 4.79. The highest BCUT2D eigenvalue weighted by atomic mass is 16.5. The van der Waals surface area contributed by atoms with Gasteiger partial charge in [0.05, 0.1) is 25.5 Å². The second kappa shape index (κ2) is 8.58. The molecule has 0 unspecified atom stereocenters. The highest BCUT2D eigenvalue weighted by Gasteiger charge is 2.11. The fourth-order valence-corrected chi connectivity index (χ4v) is 1.99. The minimum absolute atomic E-state index is 0.317. The van der Waals surface area contributed by atoms with Gasteiger partial charge < -0.3 is 9.47 Å². The van der Waals surface area contributed by atoms with E-state index in [9.17, 15) is 4.79 Å². The third-order valence-electron chi connectivity index (χ3n) is 3.10. The number of methoxy groups -OCH3 is 1. The number of ether oxygens (including phenoxy) is 2. The molecule has 5 nitrogen and oxygen atoms in total. The minimum Gasteiger partial charge on any atom is -0.496 e. The number of rotatable bonds is 7. The molecule has 0 aromatic heterocycles. The third kappa shape index (κ3) is 4.57. The molecule has 0 saturated carbocycles. The SMILES string of the molecule is CCCOc1ccccc1C(=O)N/N=C/c1ccccc1OC. The molecule has 0 bridgehead atoms. The third-order valence-corrected chi connectivity index (χ3v) is 3.10. The maximum atomic E-state index is 12.2. The Labute approximate surface area is 135 Å². The first-order chi connectivity index (χ1) is 11.3. The van der Waals surface area contributed by atoms with Crippen LogP contribution in [-0.2, 0) is 0 Å². The first kappa shape index (κ1) is 16.5. The van der Waals surface area contributed by atoms with Crippen molar-refractivity contribution >= 4 is 12.1 Å². The van der Waals surface area contributed by atoms with Crippen molar-refractivity contribution in [3.8, 4) is 11.5 Å². The molecule has 0 fully saturated rings. The summed E-state index contributed by atoms with van der Waals surface area (Å²) in [6.07, 6.45) is 2.42. The van der Waals surface area contributed by atoms with Crippen molar-refractivity contribution in [2.75, 3.05) is 13.7 Å². The molecule has 1 N–H and O–H groups in total. The molecule has 120 valence electrons. The van der Waals surface area contributed by atoms with Crippen LogP contribution in [0, 0.1) is 0 Å². The van der Waals surface area contributed by atoms with Crippen molar-refractivity contribution < 1.29 is 14.3 Å². The molecule has 0 saturated heterocycles. The van der Waals surface area contributed by atoms with Gasteiger partial charge in [-0.15, -0.1) is 0 Å². The van der Waals surface area contributed by atoms with Crippen LogP contribution in [-0.4, -0.2) is 25.8 Å². The van der Waals surface area contributed by atoms with E-state index in [-0.39, 0.29) is 5.91 Å². The molecule has 0 aliphatic heterocycles. The Bertz CT molecular complexity index is 683. The first-order valence-electron chi connectivity index (χ1n) is 7.44. The van der Waals surface area contributed by atoms with Crippen LogP contribution in [0.1, 0.15) is 29.3 Å². The number of benzene rings is 2. The molecule has 0 heterocycles. The summed E-state index contributed by atoms with van der Waals surface area (Å²) in [7, 11) is 1.59. The summed E-state index contributed by atoms with van der Waals surface area (Å²) in [6.45, 7) is 2.58. The van der Waals surface area contributed by atoms with Gasteiger partial charge in [-0.25, -0.2) is 5.43 Å². The van der Waals surface area contributed by atoms with E-state index >= 15 is 0 Å². The number of nitrogens with zero attached hydrogens (tertiary/aromatic N) is 1. The van der Waals surface area contributed by atoms with E-state index in [1.165, 1.54) is 0 Å². The molecule has 0 spiro atoms. The Morgan fingerprint density at radius 1 is 1.13 bits per heavy atom. The van der Waals surface area contributed by atoms with E-state index < -0.39 is 0 Å². The Hall–Kier alpha value is -2.82. The van der Waals surface area contributed by atoms with E-state index in [4.69, 9.17) is 9.47 Å². The maximum absolute atomic E-state index is 12.2. The largest absolute Gasteiger partial charge is 0.496 e. The van der Waals surface area contributed by atoms with Gasteiger partial charge in [0, 0.05) is 5.56 Å². The fraction of sp³-hybridized carbons (Fsp3) is 0.222. The number of para-hydroxylation sites is 2. The molecular weight excluding hydrogens is 292 g/mol. The lowest BCUT2D eigenvalue weighted by Gasteiger charge is -2.09. The summed E-state index contributed by atoms with van der Waals surface area (Å²) in [5, 5.41) is 3.99. The van der Waals surface area contributed by atoms with Crippen molar-refractivity contribution in [1.29, 1.82) is 0 Å². The maximum Gasteiger partial charge on any atom is 0.275 e. The number of amides is 1. The smallest absolute Gasteiger partial charge is 0.275 e. The second-order valence-electron chi connectivity index (χ2n) is 4.79. The van der Waals surface area contributed by atoms with Crippen molar-refractivity contribution in [3.05, 3.63) is 59.7 Å². The lowest BCUT2D eigenvalue weighted by Crippen LogP contribution is -2.18. The van der Waals surface area contributed by atoms with Gasteiger partial charge >= 0.3 is 0 Å². The molecule has 0 aliphatic carbocycles. The van der Waals surface area contributed by atoms with E-state index in [0.717, 1.165) is 12.0 Å². The van der Waals surface area contributed by atoms with Crippen LogP contribution in [0.5, 0.6) is 11.5 Å².